The Labute approximate surface area is 135 Å². The molecule has 0 radical (unpaired) electrons. The van der Waals surface area contributed by atoms with Crippen molar-refractivity contribution >= 4 is 40.0 Å². The van der Waals surface area contributed by atoms with Gasteiger partial charge in [0.15, 0.2) is 10.8 Å². The fourth-order valence-corrected chi connectivity index (χ4v) is 3.90. The predicted molar refractivity (Wildman–Crippen MR) is 84.0 cm³/mol. The quantitative estimate of drug-likeness (QED) is 0.919. The summed E-state index contributed by atoms with van der Waals surface area (Å²) in [6.45, 7) is 3.64. The lowest BCUT2D eigenvalue weighted by molar-refractivity contribution is -0.119. The van der Waals surface area contributed by atoms with E-state index in [4.69, 9.17) is 4.52 Å². The molecule has 1 aliphatic heterocycles. The number of aromatic nitrogens is 2. The van der Waals surface area contributed by atoms with Crippen molar-refractivity contribution in [3.8, 4) is 0 Å². The number of hydrogen-bond donors (Lipinski definition) is 1. The SMILES string of the molecule is Cc1cc(C(=O)N2CSC[C@@H]2C(=O)Nc2ncc(C)s2)no1. The van der Waals surface area contributed by atoms with Crippen LogP contribution in [0.15, 0.2) is 16.8 Å². The Kier molecular flexibility index (Phi) is 4.16. The van der Waals surface area contributed by atoms with Crippen LogP contribution < -0.4 is 5.32 Å². The first-order valence-electron chi connectivity index (χ1n) is 6.60. The average molecular weight is 338 g/mol. The van der Waals surface area contributed by atoms with Crippen molar-refractivity contribution in [2.24, 2.45) is 0 Å². The largest absolute Gasteiger partial charge is 0.361 e. The zero-order valence-electron chi connectivity index (χ0n) is 12.0. The molecule has 2 aromatic rings. The van der Waals surface area contributed by atoms with Crippen LogP contribution in [0.4, 0.5) is 5.13 Å². The summed E-state index contributed by atoms with van der Waals surface area (Å²) in [6.07, 6.45) is 1.70. The van der Waals surface area contributed by atoms with Gasteiger partial charge in [-0.25, -0.2) is 4.98 Å². The standard InChI is InChI=1S/C13H14N4O3S2/c1-7-3-9(16-20-7)12(19)17-6-21-5-10(17)11(18)15-13-14-4-8(2)22-13/h3-4,10H,5-6H2,1-2H3,(H,14,15,18)/t10-/m1/s1. The Morgan fingerprint density at radius 1 is 1.45 bits per heavy atom. The van der Waals surface area contributed by atoms with E-state index in [0.29, 0.717) is 22.5 Å². The highest BCUT2D eigenvalue weighted by atomic mass is 32.2. The number of rotatable bonds is 3. The van der Waals surface area contributed by atoms with Gasteiger partial charge >= 0.3 is 0 Å². The van der Waals surface area contributed by atoms with Gasteiger partial charge in [-0.05, 0) is 13.8 Å². The summed E-state index contributed by atoms with van der Waals surface area (Å²) in [6, 6.07) is 1.04. The van der Waals surface area contributed by atoms with Crippen molar-refractivity contribution in [2.45, 2.75) is 19.9 Å². The van der Waals surface area contributed by atoms with Gasteiger partial charge in [0.05, 0.1) is 5.88 Å². The molecular formula is C13H14N4O3S2. The van der Waals surface area contributed by atoms with Crippen LogP contribution in [0.1, 0.15) is 21.1 Å². The maximum absolute atomic E-state index is 12.4. The predicted octanol–water partition coefficient (Wildman–Crippen LogP) is 1.90. The molecule has 0 aliphatic carbocycles. The maximum atomic E-state index is 12.4. The minimum absolute atomic E-state index is 0.225. The Morgan fingerprint density at radius 2 is 2.27 bits per heavy atom. The lowest BCUT2D eigenvalue weighted by atomic mass is 10.2. The number of carbonyl (C=O) groups excluding carboxylic acids is 2. The van der Waals surface area contributed by atoms with E-state index in [0.717, 1.165) is 4.88 Å². The van der Waals surface area contributed by atoms with E-state index in [-0.39, 0.29) is 17.5 Å². The van der Waals surface area contributed by atoms with Crippen LogP contribution in [0, 0.1) is 13.8 Å². The number of carbonyl (C=O) groups is 2. The molecule has 22 heavy (non-hydrogen) atoms. The van der Waals surface area contributed by atoms with Gasteiger partial charge in [0.1, 0.15) is 11.8 Å². The molecule has 3 heterocycles. The molecule has 1 fully saturated rings. The zero-order valence-corrected chi connectivity index (χ0v) is 13.7. The number of nitrogens with one attached hydrogen (secondary N) is 1. The molecule has 7 nitrogen and oxygen atoms in total. The third-order valence-electron chi connectivity index (χ3n) is 3.14. The number of thioether (sulfide) groups is 1. The number of nitrogens with zero attached hydrogens (tertiary/aromatic N) is 3. The fourth-order valence-electron chi connectivity index (χ4n) is 2.08. The summed E-state index contributed by atoms with van der Waals surface area (Å²) < 4.78 is 4.93. The molecule has 116 valence electrons. The van der Waals surface area contributed by atoms with Crippen molar-refractivity contribution in [2.75, 3.05) is 16.9 Å². The number of hydrogen-bond acceptors (Lipinski definition) is 7. The molecule has 0 spiro atoms. The Hall–Kier alpha value is -1.87. The van der Waals surface area contributed by atoms with Gasteiger partial charge in [-0.15, -0.1) is 23.1 Å². The van der Waals surface area contributed by atoms with Crippen LogP contribution in [0.5, 0.6) is 0 Å². The molecule has 1 saturated heterocycles. The van der Waals surface area contributed by atoms with Crippen molar-refractivity contribution in [3.63, 3.8) is 0 Å². The highest BCUT2D eigenvalue weighted by Gasteiger charge is 2.36. The topological polar surface area (TPSA) is 88.3 Å². The molecule has 2 amide bonds. The van der Waals surface area contributed by atoms with Gasteiger partial charge in [0, 0.05) is 22.9 Å². The first-order chi connectivity index (χ1) is 10.5. The fraction of sp³-hybridized carbons (Fsp3) is 0.385. The second-order valence-electron chi connectivity index (χ2n) is 4.88. The second kappa shape index (κ2) is 6.09. The Bertz CT molecular complexity index is 712. The van der Waals surface area contributed by atoms with Crippen molar-refractivity contribution < 1.29 is 14.1 Å². The average Bonchev–Trinajstić information content (AvgIpc) is 3.19. The summed E-state index contributed by atoms with van der Waals surface area (Å²) in [4.78, 5) is 31.4. The summed E-state index contributed by atoms with van der Waals surface area (Å²) >= 11 is 2.94. The summed E-state index contributed by atoms with van der Waals surface area (Å²) in [5, 5.41) is 7.03. The summed E-state index contributed by atoms with van der Waals surface area (Å²) in [5.41, 5.74) is 0.225. The third-order valence-corrected chi connectivity index (χ3v) is 4.98. The van der Waals surface area contributed by atoms with E-state index in [9.17, 15) is 9.59 Å². The summed E-state index contributed by atoms with van der Waals surface area (Å²) in [5.74, 6) is 1.05. The number of aryl methyl sites for hydroxylation is 2. The highest BCUT2D eigenvalue weighted by molar-refractivity contribution is 7.99. The Balaban J connectivity index is 1.72. The maximum Gasteiger partial charge on any atom is 0.277 e. The molecule has 0 bridgehead atoms. The van der Waals surface area contributed by atoms with Gasteiger partial charge in [-0.1, -0.05) is 5.16 Å². The third kappa shape index (κ3) is 3.00. The van der Waals surface area contributed by atoms with Gasteiger partial charge < -0.3 is 14.7 Å². The van der Waals surface area contributed by atoms with Crippen LogP contribution in [-0.4, -0.2) is 44.5 Å². The van der Waals surface area contributed by atoms with Gasteiger partial charge in [0.2, 0.25) is 5.91 Å². The number of amides is 2. The first-order valence-corrected chi connectivity index (χ1v) is 8.57. The first kappa shape index (κ1) is 15.0. The molecule has 0 aromatic carbocycles. The van der Waals surface area contributed by atoms with E-state index < -0.39 is 6.04 Å². The highest BCUT2D eigenvalue weighted by Crippen LogP contribution is 2.25. The van der Waals surface area contributed by atoms with Crippen molar-refractivity contribution in [1.82, 2.24) is 15.0 Å². The van der Waals surface area contributed by atoms with Gasteiger partial charge in [-0.3, -0.25) is 9.59 Å². The Morgan fingerprint density at radius 3 is 2.91 bits per heavy atom. The molecule has 1 aliphatic rings. The summed E-state index contributed by atoms with van der Waals surface area (Å²) in [7, 11) is 0. The second-order valence-corrected chi connectivity index (χ2v) is 7.11. The molecule has 1 N–H and O–H groups in total. The zero-order chi connectivity index (χ0) is 15.7. The van der Waals surface area contributed by atoms with E-state index >= 15 is 0 Å². The van der Waals surface area contributed by atoms with E-state index in [2.05, 4.69) is 15.5 Å². The molecule has 2 aromatic heterocycles. The van der Waals surface area contributed by atoms with Crippen LogP contribution >= 0.6 is 23.1 Å². The van der Waals surface area contributed by atoms with Gasteiger partial charge in [0.25, 0.3) is 5.91 Å². The van der Waals surface area contributed by atoms with Crippen LogP contribution in [0.3, 0.4) is 0 Å². The van der Waals surface area contributed by atoms with E-state index in [1.54, 1.807) is 19.2 Å². The van der Waals surface area contributed by atoms with E-state index in [1.807, 2.05) is 6.92 Å². The monoisotopic (exact) mass is 338 g/mol. The molecular weight excluding hydrogens is 324 g/mol. The molecule has 3 rings (SSSR count). The normalized spacial score (nSPS) is 17.7. The van der Waals surface area contributed by atoms with E-state index in [1.165, 1.54) is 28.0 Å². The van der Waals surface area contributed by atoms with Gasteiger partial charge in [-0.2, -0.15) is 0 Å². The van der Waals surface area contributed by atoms with Crippen molar-refractivity contribution in [3.05, 3.63) is 28.6 Å². The molecule has 0 unspecified atom stereocenters. The van der Waals surface area contributed by atoms with Crippen LogP contribution in [0.2, 0.25) is 0 Å². The minimum Gasteiger partial charge on any atom is -0.361 e. The molecule has 0 saturated carbocycles. The van der Waals surface area contributed by atoms with Crippen molar-refractivity contribution in [1.29, 1.82) is 0 Å². The number of thiazole rings is 1. The van der Waals surface area contributed by atoms with Crippen LogP contribution in [0.25, 0.3) is 0 Å². The lowest BCUT2D eigenvalue weighted by Crippen LogP contribution is -2.44. The molecule has 9 heteroatoms. The lowest BCUT2D eigenvalue weighted by Gasteiger charge is -2.21. The minimum atomic E-state index is -0.529. The smallest absolute Gasteiger partial charge is 0.277 e. The molecule has 1 atom stereocenters. The number of anilines is 1. The van der Waals surface area contributed by atoms with Crippen LogP contribution in [-0.2, 0) is 4.79 Å².